The van der Waals surface area contributed by atoms with Gasteiger partial charge in [-0.1, -0.05) is 20.3 Å². The van der Waals surface area contributed by atoms with Crippen LogP contribution in [0.5, 0.6) is 5.88 Å². The first kappa shape index (κ1) is 15.7. The Balaban J connectivity index is 2.46. The molecule has 0 fully saturated rings. The first-order chi connectivity index (χ1) is 9.30. The average Bonchev–Trinajstić information content (AvgIpc) is 2.43. The van der Waals surface area contributed by atoms with Crippen LogP contribution in [0.25, 0.3) is 0 Å². The van der Waals surface area contributed by atoms with E-state index in [9.17, 15) is 0 Å². The van der Waals surface area contributed by atoms with Gasteiger partial charge in [0.25, 0.3) is 0 Å². The van der Waals surface area contributed by atoms with E-state index in [-0.39, 0.29) is 6.61 Å². The molecule has 0 saturated carbocycles. The highest BCUT2D eigenvalue weighted by molar-refractivity contribution is 5.27. The summed E-state index contributed by atoms with van der Waals surface area (Å²) in [7, 11) is 0. The maximum absolute atomic E-state index is 9.02. The molecular formula is C14H25N3O2. The predicted molar refractivity (Wildman–Crippen MR) is 76.4 cm³/mol. The second-order valence-electron chi connectivity index (χ2n) is 4.61. The van der Waals surface area contributed by atoms with Crippen molar-refractivity contribution < 1.29 is 9.84 Å². The Morgan fingerprint density at radius 2 is 2.16 bits per heavy atom. The third-order valence-corrected chi connectivity index (χ3v) is 2.87. The van der Waals surface area contributed by atoms with Crippen LogP contribution in [0.15, 0.2) is 12.3 Å². The van der Waals surface area contributed by atoms with Crippen molar-refractivity contribution in [1.82, 2.24) is 9.97 Å². The molecule has 0 saturated heterocycles. The number of nitrogens with one attached hydrogen (secondary N) is 1. The van der Waals surface area contributed by atoms with E-state index in [2.05, 4.69) is 29.1 Å². The summed E-state index contributed by atoms with van der Waals surface area (Å²) in [5, 5.41) is 12.2. The topological polar surface area (TPSA) is 67.3 Å². The van der Waals surface area contributed by atoms with Crippen LogP contribution >= 0.6 is 0 Å². The summed E-state index contributed by atoms with van der Waals surface area (Å²) in [6.45, 7) is 5.89. The number of aliphatic hydroxyl groups is 1. The summed E-state index contributed by atoms with van der Waals surface area (Å²) in [4.78, 5) is 8.47. The first-order valence-corrected chi connectivity index (χ1v) is 7.10. The Labute approximate surface area is 115 Å². The van der Waals surface area contributed by atoms with E-state index < -0.39 is 0 Å². The van der Waals surface area contributed by atoms with Crippen LogP contribution in [0.4, 0.5) is 5.95 Å². The smallest absolute Gasteiger partial charge is 0.225 e. The number of anilines is 1. The van der Waals surface area contributed by atoms with Gasteiger partial charge in [0.2, 0.25) is 11.8 Å². The van der Waals surface area contributed by atoms with Crippen LogP contribution in [0.1, 0.15) is 39.5 Å². The van der Waals surface area contributed by atoms with Crippen LogP contribution in [0.2, 0.25) is 0 Å². The Hall–Kier alpha value is -1.36. The van der Waals surface area contributed by atoms with Crippen molar-refractivity contribution in [3.05, 3.63) is 12.3 Å². The van der Waals surface area contributed by atoms with Gasteiger partial charge >= 0.3 is 0 Å². The fourth-order valence-electron chi connectivity index (χ4n) is 1.89. The number of hydrogen-bond donors (Lipinski definition) is 2. The molecule has 1 aromatic rings. The van der Waals surface area contributed by atoms with Gasteiger partial charge in [0.05, 0.1) is 6.61 Å². The van der Waals surface area contributed by atoms with E-state index in [1.54, 1.807) is 12.3 Å². The molecule has 0 aliphatic rings. The zero-order chi connectivity index (χ0) is 13.9. The molecule has 5 nitrogen and oxygen atoms in total. The lowest BCUT2D eigenvalue weighted by Crippen LogP contribution is -2.17. The second kappa shape index (κ2) is 9.55. The highest BCUT2D eigenvalue weighted by atomic mass is 16.5. The summed E-state index contributed by atoms with van der Waals surface area (Å²) in [5.41, 5.74) is 0. The number of rotatable bonds is 10. The van der Waals surface area contributed by atoms with E-state index in [0.717, 1.165) is 32.2 Å². The molecule has 5 heteroatoms. The number of aliphatic hydroxyl groups excluding tert-OH is 1. The van der Waals surface area contributed by atoms with E-state index in [0.29, 0.717) is 24.4 Å². The maximum Gasteiger partial charge on any atom is 0.225 e. The maximum atomic E-state index is 9.02. The van der Waals surface area contributed by atoms with E-state index >= 15 is 0 Å². The summed E-state index contributed by atoms with van der Waals surface area (Å²) >= 11 is 0. The lowest BCUT2D eigenvalue weighted by atomic mass is 10.0. The van der Waals surface area contributed by atoms with Gasteiger partial charge in [-0.25, -0.2) is 4.98 Å². The highest BCUT2D eigenvalue weighted by Gasteiger charge is 2.08. The SMILES string of the molecule is CCCOc1ccnc(NCC(CCC)CCO)n1. The Morgan fingerprint density at radius 3 is 2.84 bits per heavy atom. The van der Waals surface area contributed by atoms with E-state index in [1.165, 1.54) is 0 Å². The molecule has 19 heavy (non-hydrogen) atoms. The zero-order valence-corrected chi connectivity index (χ0v) is 11.9. The number of ether oxygens (including phenoxy) is 1. The Kier molecular flexibility index (Phi) is 7.89. The molecule has 2 N–H and O–H groups in total. The van der Waals surface area contributed by atoms with Gasteiger partial charge in [-0.2, -0.15) is 4.98 Å². The zero-order valence-electron chi connectivity index (χ0n) is 11.9. The van der Waals surface area contributed by atoms with Crippen molar-refractivity contribution in [1.29, 1.82) is 0 Å². The molecule has 0 aromatic carbocycles. The lowest BCUT2D eigenvalue weighted by Gasteiger charge is -2.15. The highest BCUT2D eigenvalue weighted by Crippen LogP contribution is 2.13. The molecule has 1 atom stereocenters. The fraction of sp³-hybridized carbons (Fsp3) is 0.714. The van der Waals surface area contributed by atoms with Gasteiger partial charge < -0.3 is 15.2 Å². The third-order valence-electron chi connectivity index (χ3n) is 2.87. The summed E-state index contributed by atoms with van der Waals surface area (Å²) in [6, 6.07) is 1.76. The summed E-state index contributed by atoms with van der Waals surface area (Å²) in [6.07, 6.45) is 5.68. The standard InChI is InChI=1S/C14H25N3O2/c1-3-5-12(7-9-18)11-16-14-15-8-6-13(17-14)19-10-4-2/h6,8,12,18H,3-5,7,9-11H2,1-2H3,(H,15,16,17). The molecule has 1 heterocycles. The van der Waals surface area contributed by atoms with Gasteiger partial charge in [0.1, 0.15) is 0 Å². The molecular weight excluding hydrogens is 242 g/mol. The van der Waals surface area contributed by atoms with Crippen molar-refractivity contribution >= 4 is 5.95 Å². The number of nitrogens with zero attached hydrogens (tertiary/aromatic N) is 2. The monoisotopic (exact) mass is 267 g/mol. The minimum atomic E-state index is 0.229. The fourth-order valence-corrected chi connectivity index (χ4v) is 1.89. The Morgan fingerprint density at radius 1 is 1.32 bits per heavy atom. The van der Waals surface area contributed by atoms with Gasteiger partial charge in [-0.3, -0.25) is 0 Å². The molecule has 0 amide bonds. The van der Waals surface area contributed by atoms with Crippen LogP contribution in [0, 0.1) is 5.92 Å². The summed E-state index contributed by atoms with van der Waals surface area (Å²) < 4.78 is 5.47. The molecule has 1 rings (SSSR count). The first-order valence-electron chi connectivity index (χ1n) is 7.10. The van der Waals surface area contributed by atoms with E-state index in [1.807, 2.05) is 0 Å². The van der Waals surface area contributed by atoms with Crippen LogP contribution in [0.3, 0.4) is 0 Å². The second-order valence-corrected chi connectivity index (χ2v) is 4.61. The molecule has 0 bridgehead atoms. The van der Waals surface area contributed by atoms with Crippen molar-refractivity contribution in [3.8, 4) is 5.88 Å². The van der Waals surface area contributed by atoms with Gasteiger partial charge in [-0.05, 0) is 25.2 Å². The Bertz CT molecular complexity index is 341. The quantitative estimate of drug-likeness (QED) is 0.681. The average molecular weight is 267 g/mol. The molecule has 0 aliphatic heterocycles. The predicted octanol–water partition coefficient (Wildman–Crippen LogP) is 2.48. The van der Waals surface area contributed by atoms with Crippen molar-refractivity contribution in [2.45, 2.75) is 39.5 Å². The van der Waals surface area contributed by atoms with Crippen LogP contribution in [-0.4, -0.2) is 34.8 Å². The molecule has 0 radical (unpaired) electrons. The number of aromatic nitrogens is 2. The van der Waals surface area contributed by atoms with Gasteiger partial charge in [0.15, 0.2) is 0 Å². The molecule has 0 spiro atoms. The number of hydrogen-bond acceptors (Lipinski definition) is 5. The summed E-state index contributed by atoms with van der Waals surface area (Å²) in [5.74, 6) is 1.65. The minimum absolute atomic E-state index is 0.229. The van der Waals surface area contributed by atoms with Crippen LogP contribution in [-0.2, 0) is 0 Å². The normalized spacial score (nSPS) is 12.2. The lowest BCUT2D eigenvalue weighted by molar-refractivity contribution is 0.255. The molecule has 0 aliphatic carbocycles. The minimum Gasteiger partial charge on any atom is -0.478 e. The largest absolute Gasteiger partial charge is 0.478 e. The van der Waals surface area contributed by atoms with Crippen LogP contribution < -0.4 is 10.1 Å². The van der Waals surface area contributed by atoms with E-state index in [4.69, 9.17) is 9.84 Å². The van der Waals surface area contributed by atoms with Crippen molar-refractivity contribution in [2.75, 3.05) is 25.1 Å². The molecule has 108 valence electrons. The van der Waals surface area contributed by atoms with Crippen molar-refractivity contribution in [3.63, 3.8) is 0 Å². The van der Waals surface area contributed by atoms with Crippen molar-refractivity contribution in [2.24, 2.45) is 5.92 Å². The van der Waals surface area contributed by atoms with Gasteiger partial charge in [-0.15, -0.1) is 0 Å². The van der Waals surface area contributed by atoms with Gasteiger partial charge in [0, 0.05) is 25.4 Å². The molecule has 1 aromatic heterocycles. The molecule has 1 unspecified atom stereocenters. The third kappa shape index (κ3) is 6.38.